The maximum absolute atomic E-state index is 13.8. The highest BCUT2D eigenvalue weighted by molar-refractivity contribution is 6.40. The molecule has 0 spiro atoms. The summed E-state index contributed by atoms with van der Waals surface area (Å²) in [5, 5.41) is 48.0. The number of halogens is 2. The van der Waals surface area contributed by atoms with Gasteiger partial charge in [0.15, 0.2) is 11.7 Å². The number of phenolic OH excluding ortho intramolecular Hbond substituents is 1. The molecule has 0 unspecified atom stereocenters. The number of fused-ring (bicyclic) bond motifs is 4. The number of anilines is 1. The number of rotatable bonds is 10. The molecule has 312 valence electrons. The normalized spacial score (nSPS) is 11.9. The van der Waals surface area contributed by atoms with Crippen molar-refractivity contribution in [3.8, 4) is 39.7 Å². The van der Waals surface area contributed by atoms with Gasteiger partial charge in [-0.2, -0.15) is 0 Å². The number of hydrogen-bond donors (Lipinski definition) is 6. The van der Waals surface area contributed by atoms with Crippen molar-refractivity contribution < 1.29 is 44.0 Å². The molecule has 2 aliphatic heterocycles. The molecule has 6 N–H and O–H groups in total. The zero-order valence-corrected chi connectivity index (χ0v) is 34.4. The standard InChI is InChI=1S/C47H35Cl2N3O10/c1-22-4-9-30-35(14-22)61-36-16-24(52(2)3)6-11-31(36)41(30)43-42(47(59)60)34(48)19-33(44(43)49)45(56)51-21-39(55)50-20-23-5-10-27(32(15-23)46(57)58)40-28-12-7-25(53)17-37(28)62-38-18-26(54)8-13-29(38)40/h4-19,46,53,57-58H,1,20-21H2,2-3H3,(H,50,55)(H,51,56)(H,59,60). The summed E-state index contributed by atoms with van der Waals surface area (Å²) >= 11 is 13.6. The lowest BCUT2D eigenvalue weighted by molar-refractivity contribution is -0.120. The number of aromatic carboxylic acids is 1. The number of carboxylic acid groups (broad SMARTS) is 1. The second-order valence-electron chi connectivity index (χ2n) is 14.7. The first-order chi connectivity index (χ1) is 29.6. The summed E-state index contributed by atoms with van der Waals surface area (Å²) in [5.41, 5.74) is 3.09. The fourth-order valence-corrected chi connectivity index (χ4v) is 8.15. The zero-order valence-electron chi connectivity index (χ0n) is 32.9. The molecule has 2 amide bonds. The highest BCUT2D eigenvalue weighted by Crippen LogP contribution is 2.45. The predicted octanol–water partition coefficient (Wildman–Crippen LogP) is 6.13. The minimum Gasteiger partial charge on any atom is -0.508 e. The van der Waals surface area contributed by atoms with E-state index in [2.05, 4.69) is 17.2 Å². The zero-order chi connectivity index (χ0) is 44.1. The maximum Gasteiger partial charge on any atom is 0.337 e. The molecule has 0 bridgehead atoms. The molecule has 5 aromatic rings. The van der Waals surface area contributed by atoms with Crippen LogP contribution >= 0.6 is 23.2 Å². The third kappa shape index (κ3) is 7.70. The highest BCUT2D eigenvalue weighted by atomic mass is 35.5. The largest absolute Gasteiger partial charge is 0.508 e. The molecule has 0 fully saturated rings. The second-order valence-corrected chi connectivity index (χ2v) is 15.5. The summed E-state index contributed by atoms with van der Waals surface area (Å²) in [4.78, 5) is 53.8. The Morgan fingerprint density at radius 1 is 0.823 bits per heavy atom. The lowest BCUT2D eigenvalue weighted by Gasteiger charge is -2.25. The number of nitrogens with zero attached hydrogens (tertiary/aromatic N) is 1. The molecule has 5 aromatic carbocycles. The Morgan fingerprint density at radius 3 is 2.32 bits per heavy atom. The van der Waals surface area contributed by atoms with Gasteiger partial charge in [0.25, 0.3) is 5.91 Å². The van der Waals surface area contributed by atoms with Crippen molar-refractivity contribution in [3.05, 3.63) is 161 Å². The Kier molecular flexibility index (Phi) is 11.0. The summed E-state index contributed by atoms with van der Waals surface area (Å²) in [6.45, 7) is 3.39. The number of nitrogens with one attached hydrogen (secondary N) is 2. The van der Waals surface area contributed by atoms with E-state index in [-0.39, 0.29) is 61.4 Å². The molecule has 13 nitrogen and oxygen atoms in total. The lowest BCUT2D eigenvalue weighted by Crippen LogP contribution is -2.37. The van der Waals surface area contributed by atoms with E-state index in [4.69, 9.17) is 32.4 Å². The van der Waals surface area contributed by atoms with Crippen molar-refractivity contribution in [2.45, 2.75) is 12.8 Å². The molecule has 0 atom stereocenters. The molecule has 0 saturated heterocycles. The lowest BCUT2D eigenvalue weighted by atomic mass is 9.88. The molecule has 3 aliphatic rings. The van der Waals surface area contributed by atoms with Crippen molar-refractivity contribution in [2.75, 3.05) is 25.5 Å². The number of carbonyl (C=O) groups excluding carboxylic acids is 2. The molecular formula is C47H35Cl2N3O10. The molecule has 8 rings (SSSR count). The fourth-order valence-electron chi connectivity index (χ4n) is 7.54. The van der Waals surface area contributed by atoms with Crippen molar-refractivity contribution in [3.63, 3.8) is 0 Å². The number of aliphatic hydroxyl groups is 2. The number of hydrogen-bond acceptors (Lipinski definition) is 10. The van der Waals surface area contributed by atoms with E-state index in [0.29, 0.717) is 60.7 Å². The van der Waals surface area contributed by atoms with Gasteiger partial charge < -0.3 is 45.1 Å². The minimum atomic E-state index is -1.95. The van der Waals surface area contributed by atoms with Gasteiger partial charge in [-0.25, -0.2) is 4.79 Å². The molecule has 0 saturated carbocycles. The Labute approximate surface area is 362 Å². The Balaban J connectivity index is 1.07. The van der Waals surface area contributed by atoms with Gasteiger partial charge in [-0.15, -0.1) is 0 Å². The number of aromatic hydroxyl groups is 1. The van der Waals surface area contributed by atoms with Crippen molar-refractivity contribution in [1.82, 2.24) is 10.6 Å². The molecule has 15 heteroatoms. The van der Waals surface area contributed by atoms with Crippen LogP contribution in [-0.4, -0.2) is 58.8 Å². The molecule has 2 heterocycles. The van der Waals surface area contributed by atoms with E-state index in [1.165, 1.54) is 30.3 Å². The van der Waals surface area contributed by atoms with Crippen LogP contribution in [0.2, 0.25) is 10.0 Å². The van der Waals surface area contributed by atoms with E-state index in [1.807, 2.05) is 25.1 Å². The van der Waals surface area contributed by atoms with Gasteiger partial charge in [-0.1, -0.05) is 54.0 Å². The summed E-state index contributed by atoms with van der Waals surface area (Å²) in [6, 6.07) is 25.2. The molecule has 62 heavy (non-hydrogen) atoms. The van der Waals surface area contributed by atoms with Crippen molar-refractivity contribution >= 4 is 69.8 Å². The topological polar surface area (TPSA) is 199 Å². The van der Waals surface area contributed by atoms with Crippen molar-refractivity contribution in [1.29, 1.82) is 0 Å². The third-order valence-electron chi connectivity index (χ3n) is 10.5. The smallest absolute Gasteiger partial charge is 0.337 e. The molecular weight excluding hydrogens is 837 g/mol. The van der Waals surface area contributed by atoms with Crippen LogP contribution in [0.1, 0.15) is 49.3 Å². The Hall–Kier alpha value is -7.16. The fraction of sp³-hybridized carbons (Fsp3) is 0.106. The predicted molar refractivity (Wildman–Crippen MR) is 235 cm³/mol. The van der Waals surface area contributed by atoms with Crippen molar-refractivity contribution in [2.24, 2.45) is 0 Å². The third-order valence-corrected chi connectivity index (χ3v) is 11.1. The summed E-state index contributed by atoms with van der Waals surface area (Å²) < 4.78 is 12.2. The van der Waals surface area contributed by atoms with Gasteiger partial charge in [0.1, 0.15) is 28.6 Å². The van der Waals surface area contributed by atoms with Crippen LogP contribution in [-0.2, 0) is 11.3 Å². The van der Waals surface area contributed by atoms with E-state index >= 15 is 0 Å². The minimum absolute atomic E-state index is 0.0222. The van der Waals surface area contributed by atoms with Crippen LogP contribution in [0.3, 0.4) is 0 Å². The summed E-state index contributed by atoms with van der Waals surface area (Å²) in [7, 11) is 3.73. The first-order valence-electron chi connectivity index (χ1n) is 18.9. The SMILES string of the molecule is C=c1ccc2c(c1)Oc1cc(N(C)C)ccc1C=2c1c(Cl)c(C(=O)NCC(=O)NCc2ccc(-c3c4ccc(=O)cc-4oc4cc(O)ccc34)c(C(O)O)c2)cc(Cl)c1C(=O)O. The van der Waals surface area contributed by atoms with Gasteiger partial charge in [0, 0.05) is 88.5 Å². The average molecular weight is 873 g/mol. The first kappa shape index (κ1) is 41.6. The van der Waals surface area contributed by atoms with Gasteiger partial charge >= 0.3 is 5.97 Å². The van der Waals surface area contributed by atoms with Crippen LogP contribution in [0.15, 0.2) is 106 Å². The second kappa shape index (κ2) is 16.4. The number of carboxylic acids is 1. The van der Waals surface area contributed by atoms with Crippen LogP contribution in [0.4, 0.5) is 5.69 Å². The quantitative estimate of drug-likeness (QED) is 0.0683. The number of aliphatic hydroxyl groups excluding tert-OH is 1. The molecule has 0 radical (unpaired) electrons. The monoisotopic (exact) mass is 871 g/mol. The van der Waals surface area contributed by atoms with E-state index in [9.17, 15) is 39.6 Å². The van der Waals surface area contributed by atoms with E-state index in [0.717, 1.165) is 11.8 Å². The van der Waals surface area contributed by atoms with Crippen LogP contribution in [0.25, 0.3) is 45.6 Å². The number of benzene rings is 6. The number of phenols is 1. The maximum atomic E-state index is 13.8. The number of ether oxygens (including phenoxy) is 1. The van der Waals surface area contributed by atoms with E-state index in [1.54, 1.807) is 54.6 Å². The molecule has 0 aromatic heterocycles. The first-order valence-corrected chi connectivity index (χ1v) is 19.7. The number of amides is 2. The summed E-state index contributed by atoms with van der Waals surface area (Å²) in [5.74, 6) is -1.86. The van der Waals surface area contributed by atoms with Crippen LogP contribution in [0, 0.1) is 0 Å². The van der Waals surface area contributed by atoms with Gasteiger partial charge in [-0.3, -0.25) is 14.4 Å². The Morgan fingerprint density at radius 2 is 1.58 bits per heavy atom. The Bertz CT molecular complexity index is 3180. The molecule has 1 aliphatic carbocycles. The number of carbonyl (C=O) groups is 3. The van der Waals surface area contributed by atoms with Crippen LogP contribution < -0.4 is 36.1 Å². The van der Waals surface area contributed by atoms with Gasteiger partial charge in [-0.05, 0) is 70.9 Å². The highest BCUT2D eigenvalue weighted by Gasteiger charge is 2.31. The van der Waals surface area contributed by atoms with E-state index < -0.39 is 30.6 Å². The summed E-state index contributed by atoms with van der Waals surface area (Å²) in [6.07, 6.45) is -1.95. The van der Waals surface area contributed by atoms with Crippen LogP contribution in [0.5, 0.6) is 17.2 Å². The average Bonchev–Trinajstić information content (AvgIpc) is 3.23. The van der Waals surface area contributed by atoms with Gasteiger partial charge in [0.2, 0.25) is 5.91 Å². The van der Waals surface area contributed by atoms with Gasteiger partial charge in [0.05, 0.1) is 27.7 Å².